The third-order valence-corrected chi connectivity index (χ3v) is 3.06. The first kappa shape index (κ1) is 10.7. The van der Waals surface area contributed by atoms with Crippen molar-refractivity contribution in [1.29, 1.82) is 0 Å². The van der Waals surface area contributed by atoms with Crippen molar-refractivity contribution in [2.24, 2.45) is 5.41 Å². The average Bonchev–Trinajstić information content (AvgIpc) is 2.95. The molecule has 0 amide bonds. The lowest BCUT2D eigenvalue weighted by atomic mass is 10.1. The molecule has 16 heavy (non-hydrogen) atoms. The lowest BCUT2D eigenvalue weighted by molar-refractivity contribution is -0.384. The molecular formula is C11H15N3O2. The highest BCUT2D eigenvalue weighted by molar-refractivity contribution is 5.69. The van der Waals surface area contributed by atoms with Gasteiger partial charge in [-0.15, -0.1) is 0 Å². The summed E-state index contributed by atoms with van der Waals surface area (Å²) in [4.78, 5) is 10.1. The zero-order valence-corrected chi connectivity index (χ0v) is 9.19. The number of nitrogens with two attached hydrogens (primary N) is 1. The first-order chi connectivity index (χ1) is 7.50. The van der Waals surface area contributed by atoms with E-state index in [-0.39, 0.29) is 5.69 Å². The van der Waals surface area contributed by atoms with Crippen molar-refractivity contribution >= 4 is 17.1 Å². The number of hydrogen-bond donors (Lipinski definition) is 2. The van der Waals surface area contributed by atoms with Crippen LogP contribution >= 0.6 is 0 Å². The molecule has 0 bridgehead atoms. The Morgan fingerprint density at radius 1 is 1.56 bits per heavy atom. The summed E-state index contributed by atoms with van der Waals surface area (Å²) in [6, 6.07) is 4.52. The maximum absolute atomic E-state index is 10.5. The number of nitrogens with one attached hydrogen (secondary N) is 1. The van der Waals surface area contributed by atoms with Gasteiger partial charge in [0.05, 0.1) is 16.3 Å². The van der Waals surface area contributed by atoms with E-state index in [0.29, 0.717) is 11.1 Å². The molecule has 5 nitrogen and oxygen atoms in total. The van der Waals surface area contributed by atoms with Crippen LogP contribution in [0.4, 0.5) is 17.1 Å². The zero-order chi connectivity index (χ0) is 11.8. The summed E-state index contributed by atoms with van der Waals surface area (Å²) in [5, 5.41) is 13.8. The van der Waals surface area contributed by atoms with Crippen LogP contribution in [0.25, 0.3) is 0 Å². The van der Waals surface area contributed by atoms with Gasteiger partial charge in [0.25, 0.3) is 5.69 Å². The van der Waals surface area contributed by atoms with E-state index < -0.39 is 4.92 Å². The standard InChI is InChI=1S/C11H15N3O2/c1-11(4-5-11)7-13-10-3-2-8(14(15)16)6-9(10)12/h2-3,6,13H,4-5,7,12H2,1H3. The van der Waals surface area contributed by atoms with Crippen molar-refractivity contribution in [3.8, 4) is 0 Å². The van der Waals surface area contributed by atoms with Gasteiger partial charge in [0.1, 0.15) is 0 Å². The molecule has 1 aliphatic carbocycles. The van der Waals surface area contributed by atoms with Crippen LogP contribution in [0.2, 0.25) is 0 Å². The van der Waals surface area contributed by atoms with Gasteiger partial charge >= 0.3 is 0 Å². The monoisotopic (exact) mass is 221 g/mol. The summed E-state index contributed by atoms with van der Waals surface area (Å²) in [6.07, 6.45) is 2.46. The fourth-order valence-corrected chi connectivity index (χ4v) is 1.52. The van der Waals surface area contributed by atoms with Crippen molar-refractivity contribution in [2.75, 3.05) is 17.6 Å². The first-order valence-corrected chi connectivity index (χ1v) is 5.28. The van der Waals surface area contributed by atoms with Gasteiger partial charge in [0, 0.05) is 18.7 Å². The van der Waals surface area contributed by atoms with E-state index in [1.165, 1.54) is 25.0 Å². The summed E-state index contributed by atoms with van der Waals surface area (Å²) in [5.41, 5.74) is 7.36. The topological polar surface area (TPSA) is 81.2 Å². The second-order valence-corrected chi connectivity index (χ2v) is 4.69. The molecule has 0 heterocycles. The quantitative estimate of drug-likeness (QED) is 0.464. The summed E-state index contributed by atoms with van der Waals surface area (Å²) in [5.74, 6) is 0. The van der Waals surface area contributed by atoms with Gasteiger partial charge < -0.3 is 11.1 Å². The molecule has 86 valence electrons. The fourth-order valence-electron chi connectivity index (χ4n) is 1.52. The van der Waals surface area contributed by atoms with Gasteiger partial charge in [-0.1, -0.05) is 6.92 Å². The summed E-state index contributed by atoms with van der Waals surface area (Å²) < 4.78 is 0. The molecule has 0 unspecified atom stereocenters. The van der Waals surface area contributed by atoms with Crippen LogP contribution in [0.1, 0.15) is 19.8 Å². The lowest BCUT2D eigenvalue weighted by Gasteiger charge is -2.12. The van der Waals surface area contributed by atoms with Gasteiger partial charge in [-0.2, -0.15) is 0 Å². The number of non-ortho nitro benzene ring substituents is 1. The molecule has 1 saturated carbocycles. The van der Waals surface area contributed by atoms with E-state index in [9.17, 15) is 10.1 Å². The summed E-state index contributed by atoms with van der Waals surface area (Å²) in [7, 11) is 0. The smallest absolute Gasteiger partial charge is 0.271 e. The van der Waals surface area contributed by atoms with E-state index >= 15 is 0 Å². The molecule has 0 spiro atoms. The molecule has 0 radical (unpaired) electrons. The Labute approximate surface area is 93.8 Å². The Morgan fingerprint density at radius 3 is 2.75 bits per heavy atom. The van der Waals surface area contributed by atoms with E-state index in [1.54, 1.807) is 6.07 Å². The molecule has 0 atom stereocenters. The molecule has 2 rings (SSSR count). The average molecular weight is 221 g/mol. The Bertz CT molecular complexity index is 427. The van der Waals surface area contributed by atoms with Crippen LogP contribution in [0, 0.1) is 15.5 Å². The highest BCUT2D eigenvalue weighted by Gasteiger charge is 2.36. The van der Waals surface area contributed by atoms with Crippen LogP contribution in [-0.2, 0) is 0 Å². The van der Waals surface area contributed by atoms with Crippen molar-refractivity contribution in [2.45, 2.75) is 19.8 Å². The van der Waals surface area contributed by atoms with Gasteiger partial charge in [0.15, 0.2) is 0 Å². The Kier molecular flexibility index (Phi) is 2.46. The molecule has 0 saturated heterocycles. The first-order valence-electron chi connectivity index (χ1n) is 5.28. The number of hydrogen-bond acceptors (Lipinski definition) is 4. The number of nitrogen functional groups attached to an aromatic ring is 1. The van der Waals surface area contributed by atoms with E-state index in [4.69, 9.17) is 5.73 Å². The molecule has 0 aliphatic heterocycles. The van der Waals surface area contributed by atoms with Gasteiger partial charge in [0.2, 0.25) is 0 Å². The van der Waals surface area contributed by atoms with Gasteiger partial charge in [-0.05, 0) is 24.3 Å². The Hall–Kier alpha value is -1.78. The molecule has 5 heteroatoms. The molecule has 1 aromatic carbocycles. The minimum Gasteiger partial charge on any atom is -0.397 e. The highest BCUT2D eigenvalue weighted by Crippen LogP contribution is 2.45. The van der Waals surface area contributed by atoms with Crippen LogP contribution in [0.15, 0.2) is 18.2 Å². The maximum Gasteiger partial charge on any atom is 0.271 e. The molecule has 1 fully saturated rings. The lowest BCUT2D eigenvalue weighted by Crippen LogP contribution is -2.12. The predicted molar refractivity (Wildman–Crippen MR) is 63.3 cm³/mol. The van der Waals surface area contributed by atoms with Crippen molar-refractivity contribution in [3.63, 3.8) is 0 Å². The third-order valence-electron chi connectivity index (χ3n) is 3.06. The number of anilines is 2. The number of nitro groups is 1. The second-order valence-electron chi connectivity index (χ2n) is 4.69. The molecule has 1 aromatic rings. The summed E-state index contributed by atoms with van der Waals surface area (Å²) >= 11 is 0. The largest absolute Gasteiger partial charge is 0.397 e. The predicted octanol–water partition coefficient (Wildman–Crippen LogP) is 2.39. The normalized spacial score (nSPS) is 16.8. The molecule has 0 aromatic heterocycles. The minimum atomic E-state index is -0.442. The van der Waals surface area contributed by atoms with E-state index in [1.807, 2.05) is 0 Å². The molecule has 1 aliphatic rings. The minimum absolute atomic E-state index is 0.0284. The second kappa shape index (κ2) is 3.66. The highest BCUT2D eigenvalue weighted by atomic mass is 16.6. The fraction of sp³-hybridized carbons (Fsp3) is 0.455. The third kappa shape index (κ3) is 2.24. The van der Waals surface area contributed by atoms with Crippen LogP contribution in [-0.4, -0.2) is 11.5 Å². The van der Waals surface area contributed by atoms with Crippen molar-refractivity contribution < 1.29 is 4.92 Å². The molecule has 3 N–H and O–H groups in total. The van der Waals surface area contributed by atoms with Crippen LogP contribution < -0.4 is 11.1 Å². The number of rotatable bonds is 4. The number of nitro benzene ring substituents is 1. The van der Waals surface area contributed by atoms with Gasteiger partial charge in [-0.3, -0.25) is 10.1 Å². The Morgan fingerprint density at radius 2 is 2.25 bits per heavy atom. The zero-order valence-electron chi connectivity index (χ0n) is 9.19. The summed E-state index contributed by atoms with van der Waals surface area (Å²) in [6.45, 7) is 3.08. The Balaban J connectivity index is 2.07. The van der Waals surface area contributed by atoms with Crippen LogP contribution in [0.3, 0.4) is 0 Å². The van der Waals surface area contributed by atoms with E-state index in [2.05, 4.69) is 12.2 Å². The molecular weight excluding hydrogens is 206 g/mol. The van der Waals surface area contributed by atoms with Crippen molar-refractivity contribution in [1.82, 2.24) is 0 Å². The SMILES string of the molecule is CC1(CNc2ccc([N+](=O)[O-])cc2N)CC1. The van der Waals surface area contributed by atoms with Crippen LogP contribution in [0.5, 0.6) is 0 Å². The van der Waals surface area contributed by atoms with E-state index in [0.717, 1.165) is 12.2 Å². The van der Waals surface area contributed by atoms with Gasteiger partial charge in [-0.25, -0.2) is 0 Å². The maximum atomic E-state index is 10.5. The van der Waals surface area contributed by atoms with Crippen molar-refractivity contribution in [3.05, 3.63) is 28.3 Å². The number of benzene rings is 1. The number of nitrogens with zero attached hydrogens (tertiary/aromatic N) is 1.